The van der Waals surface area contributed by atoms with Gasteiger partial charge in [-0.3, -0.25) is 10.1 Å². The Kier molecular flexibility index (Phi) is 4.81. The molecule has 3 amide bonds. The Labute approximate surface area is 156 Å². The number of nitrogens with one attached hydrogen (secondary N) is 2. The molecule has 3 heterocycles. The Hall–Kier alpha value is -2.69. The van der Waals surface area contributed by atoms with Crippen LogP contribution < -0.4 is 10.6 Å². The fraction of sp³-hybridized carbons (Fsp3) is 0.375. The molecular weight excluding hydrogens is 383 g/mol. The van der Waals surface area contributed by atoms with E-state index in [1.165, 1.54) is 22.5 Å². The molecule has 1 fully saturated rings. The zero-order chi connectivity index (χ0) is 19.8. The van der Waals surface area contributed by atoms with Crippen molar-refractivity contribution in [1.29, 1.82) is 0 Å². The summed E-state index contributed by atoms with van der Waals surface area (Å²) in [7, 11) is 0. The van der Waals surface area contributed by atoms with Crippen LogP contribution in [0.4, 0.5) is 23.9 Å². The molecule has 2 aromatic rings. The number of halogens is 3. The number of amides is 3. The van der Waals surface area contributed by atoms with Gasteiger partial charge in [-0.05, 0) is 31.4 Å². The molecule has 0 saturated carbocycles. The van der Waals surface area contributed by atoms with E-state index >= 15 is 0 Å². The number of nitrogens with zero attached hydrogens (tertiary/aromatic N) is 3. The number of urea groups is 1. The van der Waals surface area contributed by atoms with Crippen LogP contribution in [-0.4, -0.2) is 45.4 Å². The number of alkyl halides is 3. The lowest BCUT2D eigenvalue weighted by Gasteiger charge is -2.27. The van der Waals surface area contributed by atoms with Gasteiger partial charge in [-0.15, -0.1) is 11.3 Å². The van der Waals surface area contributed by atoms with Gasteiger partial charge in [-0.1, -0.05) is 0 Å². The predicted molar refractivity (Wildman–Crippen MR) is 93.2 cm³/mol. The third-order valence-electron chi connectivity index (χ3n) is 4.17. The molecule has 0 bridgehead atoms. The molecular formula is C16H16F3N5O2S. The van der Waals surface area contributed by atoms with Crippen molar-refractivity contribution in [3.8, 4) is 10.6 Å². The monoisotopic (exact) mass is 399 g/mol. The summed E-state index contributed by atoms with van der Waals surface area (Å²) in [6, 6.07) is 1.93. The van der Waals surface area contributed by atoms with Gasteiger partial charge in [-0.2, -0.15) is 13.2 Å². The maximum absolute atomic E-state index is 13.1. The first-order chi connectivity index (χ1) is 12.6. The van der Waals surface area contributed by atoms with Gasteiger partial charge >= 0.3 is 12.2 Å². The molecule has 1 aliphatic heterocycles. The molecule has 1 aliphatic rings. The number of hydrogen-bond acceptors (Lipinski definition) is 6. The second-order valence-electron chi connectivity index (χ2n) is 6.32. The predicted octanol–water partition coefficient (Wildman–Crippen LogP) is 2.97. The lowest BCUT2D eigenvalue weighted by molar-refractivity contribution is -0.136. The van der Waals surface area contributed by atoms with Crippen molar-refractivity contribution in [3.05, 3.63) is 29.3 Å². The first-order valence-electron chi connectivity index (χ1n) is 7.96. The topological polar surface area (TPSA) is 87.2 Å². The summed E-state index contributed by atoms with van der Waals surface area (Å²) < 4.78 is 39.2. The smallest absolute Gasteiger partial charge is 0.352 e. The van der Waals surface area contributed by atoms with Crippen LogP contribution in [0.3, 0.4) is 0 Å². The number of carbonyl (C=O) groups excluding carboxylic acids is 2. The summed E-state index contributed by atoms with van der Waals surface area (Å²) in [5, 5.41) is 6.47. The Morgan fingerprint density at radius 2 is 2.04 bits per heavy atom. The van der Waals surface area contributed by atoms with E-state index in [0.717, 1.165) is 17.4 Å². The summed E-state index contributed by atoms with van der Waals surface area (Å²) >= 11 is 0.946. The third-order valence-corrected chi connectivity index (χ3v) is 5.11. The van der Waals surface area contributed by atoms with E-state index in [9.17, 15) is 22.8 Å². The highest BCUT2D eigenvalue weighted by atomic mass is 32.1. The van der Waals surface area contributed by atoms with Crippen molar-refractivity contribution in [3.63, 3.8) is 0 Å². The molecule has 7 nitrogen and oxygen atoms in total. The summed E-state index contributed by atoms with van der Waals surface area (Å²) in [5.74, 6) is -0.249. The molecule has 0 atom stereocenters. The van der Waals surface area contributed by atoms with E-state index in [-0.39, 0.29) is 35.5 Å². The molecule has 144 valence electrons. The van der Waals surface area contributed by atoms with Crippen molar-refractivity contribution in [2.24, 2.45) is 0 Å². The standard InChI is InChI=1S/C16H16F3N5O2S/c1-15(2)12(25)23-14(26)24(15)7-6-21-13-20-5-3-10(22-13)11-9(4-8-27-11)16(17,18)19/h3-5,8H,6-7H2,1-2H3,(H,20,21,22)(H,23,25,26). The van der Waals surface area contributed by atoms with Gasteiger partial charge in [0, 0.05) is 19.3 Å². The number of imide groups is 1. The van der Waals surface area contributed by atoms with Gasteiger partial charge in [-0.25, -0.2) is 14.8 Å². The molecule has 0 aromatic carbocycles. The van der Waals surface area contributed by atoms with E-state index < -0.39 is 23.3 Å². The van der Waals surface area contributed by atoms with Crippen LogP contribution in [0.25, 0.3) is 10.6 Å². The number of rotatable bonds is 5. The van der Waals surface area contributed by atoms with Gasteiger partial charge in [0.05, 0.1) is 16.1 Å². The minimum Gasteiger partial charge on any atom is -0.352 e. The fourth-order valence-corrected chi connectivity index (χ4v) is 3.54. The lowest BCUT2D eigenvalue weighted by Crippen LogP contribution is -2.46. The highest BCUT2D eigenvalue weighted by Gasteiger charge is 2.45. The fourth-order valence-electron chi connectivity index (χ4n) is 2.66. The molecule has 11 heteroatoms. The summed E-state index contributed by atoms with van der Waals surface area (Å²) in [4.78, 5) is 33.0. The minimum absolute atomic E-state index is 0.0126. The Balaban J connectivity index is 1.70. The van der Waals surface area contributed by atoms with Crippen molar-refractivity contribution < 1.29 is 22.8 Å². The quantitative estimate of drug-likeness (QED) is 0.755. The molecule has 2 aromatic heterocycles. The van der Waals surface area contributed by atoms with E-state index in [4.69, 9.17) is 0 Å². The highest BCUT2D eigenvalue weighted by Crippen LogP contribution is 2.39. The molecule has 0 spiro atoms. The number of aromatic nitrogens is 2. The van der Waals surface area contributed by atoms with Crippen molar-refractivity contribution in [2.45, 2.75) is 25.6 Å². The van der Waals surface area contributed by atoms with E-state index in [1.54, 1.807) is 13.8 Å². The molecule has 0 aliphatic carbocycles. The summed E-state index contributed by atoms with van der Waals surface area (Å²) in [5.41, 5.74) is -1.56. The van der Waals surface area contributed by atoms with Crippen LogP contribution in [0.2, 0.25) is 0 Å². The SMILES string of the molecule is CC1(C)C(=O)NC(=O)N1CCNc1nccc(-c2sccc2C(F)(F)F)n1. The number of carbonyl (C=O) groups is 2. The number of thiophene rings is 1. The zero-order valence-electron chi connectivity index (χ0n) is 14.4. The molecule has 1 saturated heterocycles. The zero-order valence-corrected chi connectivity index (χ0v) is 15.2. The van der Waals surface area contributed by atoms with Gasteiger partial charge in [0.25, 0.3) is 5.91 Å². The van der Waals surface area contributed by atoms with Crippen LogP contribution in [0.15, 0.2) is 23.7 Å². The van der Waals surface area contributed by atoms with Gasteiger partial charge in [0.15, 0.2) is 0 Å². The van der Waals surface area contributed by atoms with Gasteiger partial charge in [0.2, 0.25) is 5.95 Å². The van der Waals surface area contributed by atoms with Crippen LogP contribution in [0, 0.1) is 0 Å². The average molecular weight is 399 g/mol. The van der Waals surface area contributed by atoms with E-state index in [0.29, 0.717) is 0 Å². The number of anilines is 1. The van der Waals surface area contributed by atoms with Crippen LogP contribution in [0.5, 0.6) is 0 Å². The molecule has 3 rings (SSSR count). The van der Waals surface area contributed by atoms with E-state index in [1.807, 2.05) is 0 Å². The lowest BCUT2D eigenvalue weighted by atomic mass is 10.0. The maximum Gasteiger partial charge on any atom is 0.417 e. The molecule has 2 N–H and O–H groups in total. The van der Waals surface area contributed by atoms with Crippen molar-refractivity contribution in [1.82, 2.24) is 20.2 Å². The van der Waals surface area contributed by atoms with Gasteiger partial charge < -0.3 is 10.2 Å². The third kappa shape index (κ3) is 3.72. The molecule has 0 unspecified atom stereocenters. The summed E-state index contributed by atoms with van der Waals surface area (Å²) in [6.45, 7) is 3.68. The number of hydrogen-bond donors (Lipinski definition) is 2. The minimum atomic E-state index is -4.46. The van der Waals surface area contributed by atoms with Crippen molar-refractivity contribution >= 4 is 29.2 Å². The van der Waals surface area contributed by atoms with Crippen LogP contribution in [0.1, 0.15) is 19.4 Å². The maximum atomic E-state index is 13.1. The van der Waals surface area contributed by atoms with Crippen LogP contribution in [-0.2, 0) is 11.0 Å². The second kappa shape index (κ2) is 6.80. The summed E-state index contributed by atoms with van der Waals surface area (Å²) in [6.07, 6.45) is -3.10. The van der Waals surface area contributed by atoms with Crippen molar-refractivity contribution in [2.75, 3.05) is 18.4 Å². The Morgan fingerprint density at radius 1 is 1.30 bits per heavy atom. The molecule has 27 heavy (non-hydrogen) atoms. The first kappa shape index (κ1) is 19.1. The second-order valence-corrected chi connectivity index (χ2v) is 7.24. The average Bonchev–Trinajstić information content (AvgIpc) is 3.14. The first-order valence-corrected chi connectivity index (χ1v) is 8.83. The Bertz CT molecular complexity index is 881. The van der Waals surface area contributed by atoms with Gasteiger partial charge in [0.1, 0.15) is 5.54 Å². The van der Waals surface area contributed by atoms with E-state index in [2.05, 4.69) is 20.6 Å². The largest absolute Gasteiger partial charge is 0.417 e. The van der Waals surface area contributed by atoms with Crippen LogP contribution >= 0.6 is 11.3 Å². The Morgan fingerprint density at radius 3 is 2.67 bits per heavy atom. The highest BCUT2D eigenvalue weighted by molar-refractivity contribution is 7.13. The normalized spacial score (nSPS) is 16.6. The molecule has 0 radical (unpaired) electrons.